The van der Waals surface area contributed by atoms with Crippen molar-refractivity contribution in [2.24, 2.45) is 0 Å². The first-order valence-corrected chi connectivity index (χ1v) is 10.2. The van der Waals surface area contributed by atoms with Crippen LogP contribution in [0, 0.1) is 0 Å². The number of benzene rings is 3. The van der Waals surface area contributed by atoms with E-state index in [2.05, 4.69) is 0 Å². The van der Waals surface area contributed by atoms with E-state index in [1.807, 2.05) is 24.3 Å². The van der Waals surface area contributed by atoms with Crippen LogP contribution in [-0.2, 0) is 19.0 Å². The molecule has 3 nitrogen and oxygen atoms in total. The van der Waals surface area contributed by atoms with Crippen LogP contribution in [-0.4, -0.2) is 10.1 Å². The number of rotatable bonds is 2. The number of fused-ring (bicyclic) bond motifs is 3. The highest BCUT2D eigenvalue weighted by Crippen LogP contribution is 2.42. The summed E-state index contributed by atoms with van der Waals surface area (Å²) >= 11 is 0. The second-order valence-corrected chi connectivity index (χ2v) is 7.93. The summed E-state index contributed by atoms with van der Waals surface area (Å²) in [4.78, 5) is 4.88. The molecule has 0 atom stereocenters. The molecule has 6 heteroatoms. The van der Waals surface area contributed by atoms with Gasteiger partial charge in [-0.1, -0.05) is 30.3 Å². The summed E-state index contributed by atoms with van der Waals surface area (Å²) < 4.78 is 40.2. The Morgan fingerprint density at radius 3 is 2.38 bits per heavy atom. The number of alkyl halides is 3. The molecule has 5 rings (SSSR count). The third-order valence-electron chi connectivity index (χ3n) is 5.80. The van der Waals surface area contributed by atoms with Gasteiger partial charge in [0.25, 0.3) is 0 Å². The van der Waals surface area contributed by atoms with Crippen molar-refractivity contribution in [1.29, 1.82) is 0 Å². The van der Waals surface area contributed by atoms with Crippen LogP contribution in [0.2, 0.25) is 0 Å². The van der Waals surface area contributed by atoms with Gasteiger partial charge in [0, 0.05) is 16.8 Å². The predicted molar refractivity (Wildman–Crippen MR) is 119 cm³/mol. The average molecular weight is 432 g/mol. The van der Waals surface area contributed by atoms with E-state index in [1.165, 1.54) is 12.1 Å². The van der Waals surface area contributed by atoms with Gasteiger partial charge in [0.1, 0.15) is 5.75 Å². The highest BCUT2D eigenvalue weighted by Gasteiger charge is 2.31. The van der Waals surface area contributed by atoms with Crippen molar-refractivity contribution < 1.29 is 18.3 Å². The van der Waals surface area contributed by atoms with Gasteiger partial charge in [-0.05, 0) is 77.6 Å². The summed E-state index contributed by atoms with van der Waals surface area (Å²) in [6, 6.07) is 19.5. The van der Waals surface area contributed by atoms with Gasteiger partial charge in [0.2, 0.25) is 0 Å². The molecule has 0 saturated carbocycles. The number of nitrogen functional groups attached to an aromatic ring is 1. The maximum Gasteiger partial charge on any atom is 0.416 e. The van der Waals surface area contributed by atoms with Crippen molar-refractivity contribution in [3.05, 3.63) is 89.5 Å². The van der Waals surface area contributed by atoms with Crippen molar-refractivity contribution >= 4 is 5.69 Å². The van der Waals surface area contributed by atoms with E-state index >= 15 is 0 Å². The first kappa shape index (κ1) is 20.1. The third kappa shape index (κ3) is 3.58. The molecule has 32 heavy (non-hydrogen) atoms. The molecule has 0 aliphatic heterocycles. The van der Waals surface area contributed by atoms with E-state index in [1.54, 1.807) is 30.3 Å². The number of hydrogen-bond donors (Lipinski definition) is 2. The van der Waals surface area contributed by atoms with E-state index in [-0.39, 0.29) is 5.75 Å². The number of nitrogens with zero attached hydrogens (tertiary/aromatic N) is 1. The standard InChI is InChI=1S/C26H19F3N2O/c27-26(28,29)18-5-1-3-15(11-18)23-14-24(17-4-2-6-20(32)13-17)31-25-21-10-8-19(30)12-16(21)7-9-22(23)25/h1-6,8,10-14,32H,7,9,30H2. The lowest BCUT2D eigenvalue weighted by Gasteiger charge is -2.24. The molecule has 160 valence electrons. The van der Waals surface area contributed by atoms with Crippen molar-refractivity contribution in [2.75, 3.05) is 5.73 Å². The van der Waals surface area contributed by atoms with E-state index in [0.29, 0.717) is 34.5 Å². The molecular weight excluding hydrogens is 413 g/mol. The molecule has 0 bridgehead atoms. The number of aromatic hydroxyl groups is 1. The van der Waals surface area contributed by atoms with Gasteiger partial charge >= 0.3 is 6.18 Å². The summed E-state index contributed by atoms with van der Waals surface area (Å²) in [5.74, 6) is 0.0933. The minimum Gasteiger partial charge on any atom is -0.508 e. The minimum atomic E-state index is -4.43. The molecule has 1 aliphatic carbocycles. The van der Waals surface area contributed by atoms with Crippen LogP contribution >= 0.6 is 0 Å². The molecule has 0 fully saturated rings. The Bertz CT molecular complexity index is 1350. The summed E-state index contributed by atoms with van der Waals surface area (Å²) in [5.41, 5.74) is 12.0. The Kier molecular flexibility index (Phi) is 4.66. The molecule has 4 aromatic rings. The maximum absolute atomic E-state index is 13.4. The van der Waals surface area contributed by atoms with E-state index in [9.17, 15) is 18.3 Å². The summed E-state index contributed by atoms with van der Waals surface area (Å²) in [6.07, 6.45) is -3.06. The first-order chi connectivity index (χ1) is 15.3. The normalized spacial score (nSPS) is 12.8. The van der Waals surface area contributed by atoms with E-state index in [4.69, 9.17) is 10.7 Å². The van der Waals surface area contributed by atoms with Crippen LogP contribution in [0.5, 0.6) is 5.75 Å². The highest BCUT2D eigenvalue weighted by atomic mass is 19.4. The molecule has 0 radical (unpaired) electrons. The largest absolute Gasteiger partial charge is 0.508 e. The summed E-state index contributed by atoms with van der Waals surface area (Å²) in [5, 5.41) is 9.95. The first-order valence-electron chi connectivity index (χ1n) is 10.2. The van der Waals surface area contributed by atoms with Crippen LogP contribution < -0.4 is 5.73 Å². The average Bonchev–Trinajstić information content (AvgIpc) is 2.77. The van der Waals surface area contributed by atoms with Gasteiger partial charge in [0.15, 0.2) is 0 Å². The van der Waals surface area contributed by atoms with Crippen molar-refractivity contribution in [1.82, 2.24) is 4.98 Å². The highest BCUT2D eigenvalue weighted by molar-refractivity contribution is 5.84. The van der Waals surface area contributed by atoms with Crippen molar-refractivity contribution in [3.8, 4) is 39.4 Å². The maximum atomic E-state index is 13.4. The second-order valence-electron chi connectivity index (χ2n) is 7.93. The number of halogens is 3. The fraction of sp³-hybridized carbons (Fsp3) is 0.115. The molecule has 1 aliphatic rings. The number of pyridine rings is 1. The van der Waals surface area contributed by atoms with E-state index < -0.39 is 11.7 Å². The fourth-order valence-electron chi connectivity index (χ4n) is 4.29. The zero-order valence-corrected chi connectivity index (χ0v) is 16.9. The molecule has 1 aromatic heterocycles. The molecule has 3 aromatic carbocycles. The zero-order valence-electron chi connectivity index (χ0n) is 16.9. The van der Waals surface area contributed by atoms with Crippen LogP contribution in [0.4, 0.5) is 18.9 Å². The molecular formula is C26H19F3N2O. The van der Waals surface area contributed by atoms with Crippen LogP contribution in [0.3, 0.4) is 0 Å². The smallest absolute Gasteiger partial charge is 0.416 e. The lowest BCUT2D eigenvalue weighted by atomic mass is 9.83. The number of hydrogen-bond acceptors (Lipinski definition) is 3. The Hall–Kier alpha value is -3.80. The Balaban J connectivity index is 1.78. The minimum absolute atomic E-state index is 0.0933. The molecule has 0 saturated heterocycles. The monoisotopic (exact) mass is 432 g/mol. The van der Waals surface area contributed by atoms with Gasteiger partial charge in [-0.3, -0.25) is 0 Å². The second kappa shape index (κ2) is 7.41. The quantitative estimate of drug-likeness (QED) is 0.356. The fourth-order valence-corrected chi connectivity index (χ4v) is 4.29. The SMILES string of the molecule is Nc1ccc2c(c1)CCc1c(-c3cccc(C(F)(F)F)c3)cc(-c3cccc(O)c3)nc1-2. The Morgan fingerprint density at radius 1 is 0.812 bits per heavy atom. The number of aromatic nitrogens is 1. The van der Waals surface area contributed by atoms with Crippen LogP contribution in [0.25, 0.3) is 33.6 Å². The Labute approximate surface area is 183 Å². The number of aryl methyl sites for hydroxylation is 1. The summed E-state index contributed by atoms with van der Waals surface area (Å²) in [6.45, 7) is 0. The van der Waals surface area contributed by atoms with Crippen molar-refractivity contribution in [3.63, 3.8) is 0 Å². The topological polar surface area (TPSA) is 59.1 Å². The number of anilines is 1. The molecule has 1 heterocycles. The van der Waals surface area contributed by atoms with Gasteiger partial charge < -0.3 is 10.8 Å². The molecule has 0 amide bonds. The van der Waals surface area contributed by atoms with Gasteiger partial charge in [0.05, 0.1) is 17.0 Å². The van der Waals surface area contributed by atoms with Gasteiger partial charge in [-0.2, -0.15) is 13.2 Å². The van der Waals surface area contributed by atoms with Crippen LogP contribution in [0.15, 0.2) is 72.8 Å². The Morgan fingerprint density at radius 2 is 1.59 bits per heavy atom. The molecule has 0 spiro atoms. The number of nitrogens with two attached hydrogens (primary N) is 1. The number of phenols is 1. The van der Waals surface area contributed by atoms with Gasteiger partial charge in [-0.15, -0.1) is 0 Å². The molecule has 0 unspecified atom stereocenters. The van der Waals surface area contributed by atoms with Crippen LogP contribution in [0.1, 0.15) is 16.7 Å². The summed E-state index contributed by atoms with van der Waals surface area (Å²) in [7, 11) is 0. The molecule has 3 N–H and O–H groups in total. The van der Waals surface area contributed by atoms with E-state index in [0.717, 1.165) is 34.9 Å². The third-order valence-corrected chi connectivity index (χ3v) is 5.80. The van der Waals surface area contributed by atoms with Gasteiger partial charge in [-0.25, -0.2) is 4.98 Å². The number of phenolic OH excluding ortho intramolecular Hbond substituents is 1. The lowest BCUT2D eigenvalue weighted by Crippen LogP contribution is -2.10. The predicted octanol–water partition coefficient (Wildman–Crippen LogP) is 6.49. The van der Waals surface area contributed by atoms with Crippen molar-refractivity contribution in [2.45, 2.75) is 19.0 Å². The zero-order chi connectivity index (χ0) is 22.5. The lowest BCUT2D eigenvalue weighted by molar-refractivity contribution is -0.137.